The van der Waals surface area contributed by atoms with Crippen LogP contribution < -0.4 is 0 Å². The lowest BCUT2D eigenvalue weighted by atomic mass is 10.1. The van der Waals surface area contributed by atoms with Crippen LogP contribution in [0.1, 0.15) is 181 Å². The Labute approximate surface area is 379 Å². The molecule has 0 spiro atoms. The lowest BCUT2D eigenvalue weighted by Crippen LogP contribution is -2.30. The number of carbonyl (C=O) groups is 3. The normalized spacial score (nSPS) is 13.3. The van der Waals surface area contributed by atoms with Crippen LogP contribution >= 0.6 is 0 Å². The van der Waals surface area contributed by atoms with E-state index in [9.17, 15) is 14.4 Å². The second kappa shape index (κ2) is 49.2. The van der Waals surface area contributed by atoms with Gasteiger partial charge < -0.3 is 14.2 Å². The van der Waals surface area contributed by atoms with Gasteiger partial charge in [-0.25, -0.2) is 0 Å². The molecule has 0 aromatic rings. The molecule has 0 fully saturated rings. The molecule has 1 atom stereocenters. The quantitative estimate of drug-likeness (QED) is 0.0200. The average Bonchev–Trinajstić information content (AvgIpc) is 3.27. The van der Waals surface area contributed by atoms with Gasteiger partial charge in [0.1, 0.15) is 13.2 Å². The highest BCUT2D eigenvalue weighted by Crippen LogP contribution is 2.11. The van der Waals surface area contributed by atoms with E-state index in [1.807, 2.05) is 12.2 Å². The molecule has 6 nitrogen and oxygen atoms in total. The molecule has 0 rings (SSSR count). The van der Waals surface area contributed by atoms with Crippen LogP contribution in [0.2, 0.25) is 0 Å². The minimum atomic E-state index is -0.835. The highest BCUT2D eigenvalue weighted by Gasteiger charge is 2.19. The fourth-order valence-electron chi connectivity index (χ4n) is 5.81. The molecule has 0 saturated heterocycles. The Bertz CT molecular complexity index is 1400. The molecule has 1 unspecified atom stereocenters. The molecule has 0 aliphatic heterocycles. The van der Waals surface area contributed by atoms with Gasteiger partial charge in [0.05, 0.1) is 0 Å². The number of allylic oxidation sites excluding steroid dienone is 22. The first kappa shape index (κ1) is 57.5. The maximum atomic E-state index is 12.7. The van der Waals surface area contributed by atoms with Gasteiger partial charge >= 0.3 is 17.9 Å². The minimum absolute atomic E-state index is 0.130. The van der Waals surface area contributed by atoms with E-state index in [1.54, 1.807) is 0 Å². The Kier molecular flexibility index (Phi) is 45.7. The van der Waals surface area contributed by atoms with Crippen molar-refractivity contribution in [2.75, 3.05) is 13.2 Å². The van der Waals surface area contributed by atoms with Crippen LogP contribution in [0.15, 0.2) is 134 Å². The number of esters is 3. The van der Waals surface area contributed by atoms with Crippen molar-refractivity contribution < 1.29 is 28.6 Å². The molecule has 0 amide bonds. The third kappa shape index (κ3) is 46.6. The summed E-state index contributed by atoms with van der Waals surface area (Å²) in [5.41, 5.74) is 0. The fourth-order valence-corrected chi connectivity index (χ4v) is 5.81. The molecule has 62 heavy (non-hydrogen) atoms. The molecule has 0 heterocycles. The first-order valence-corrected chi connectivity index (χ1v) is 24.2. The summed E-state index contributed by atoms with van der Waals surface area (Å²) in [6.45, 7) is 6.21. The van der Waals surface area contributed by atoms with E-state index in [1.165, 1.54) is 12.8 Å². The summed E-state index contributed by atoms with van der Waals surface area (Å²) in [6, 6.07) is 0. The van der Waals surface area contributed by atoms with E-state index in [0.717, 1.165) is 122 Å². The van der Waals surface area contributed by atoms with Gasteiger partial charge in [0.25, 0.3) is 0 Å². The first-order valence-electron chi connectivity index (χ1n) is 24.2. The summed E-state index contributed by atoms with van der Waals surface area (Å²) in [4.78, 5) is 37.8. The Morgan fingerprint density at radius 2 is 0.710 bits per heavy atom. The van der Waals surface area contributed by atoms with Crippen LogP contribution in [0.3, 0.4) is 0 Å². The summed E-state index contributed by atoms with van der Waals surface area (Å²) < 4.78 is 16.6. The molecule has 0 aromatic heterocycles. The van der Waals surface area contributed by atoms with Gasteiger partial charge in [0, 0.05) is 19.3 Å². The van der Waals surface area contributed by atoms with E-state index in [4.69, 9.17) is 14.2 Å². The van der Waals surface area contributed by atoms with Crippen molar-refractivity contribution in [3.63, 3.8) is 0 Å². The maximum absolute atomic E-state index is 12.7. The molecular formula is C56H86O6. The second-order valence-corrected chi connectivity index (χ2v) is 15.3. The van der Waals surface area contributed by atoms with Gasteiger partial charge in [-0.05, 0) is 109 Å². The number of hydrogen-bond donors (Lipinski definition) is 0. The molecule has 0 bridgehead atoms. The van der Waals surface area contributed by atoms with Crippen molar-refractivity contribution in [1.29, 1.82) is 0 Å². The summed E-state index contributed by atoms with van der Waals surface area (Å²) in [6.07, 6.45) is 68.8. The van der Waals surface area contributed by atoms with Crippen LogP contribution in [0.4, 0.5) is 0 Å². The SMILES string of the molecule is CC/C=C\C/C=C\C/C=C\C/C=C\C/C=C\C/C=C\CCC(=O)OCC(COC(=O)CCCCC/C=C\C=C/CCCC)OC(=O)CCCCCC/C=C\C/C=C\C/C=C\CC. The van der Waals surface area contributed by atoms with E-state index in [-0.39, 0.29) is 44.0 Å². The summed E-state index contributed by atoms with van der Waals surface area (Å²) in [5, 5.41) is 0. The predicted octanol–water partition coefficient (Wildman–Crippen LogP) is 15.9. The molecule has 0 aliphatic carbocycles. The lowest BCUT2D eigenvalue weighted by Gasteiger charge is -2.18. The van der Waals surface area contributed by atoms with E-state index in [2.05, 4.69) is 142 Å². The molecule has 0 aliphatic rings. The zero-order valence-electron chi connectivity index (χ0n) is 39.3. The summed E-state index contributed by atoms with van der Waals surface area (Å²) in [5.74, 6) is -1.08. The molecule has 0 aromatic carbocycles. The zero-order chi connectivity index (χ0) is 45.1. The third-order valence-electron chi connectivity index (χ3n) is 9.41. The molecular weight excluding hydrogens is 769 g/mol. The van der Waals surface area contributed by atoms with Crippen molar-refractivity contribution in [2.24, 2.45) is 0 Å². The van der Waals surface area contributed by atoms with E-state index < -0.39 is 6.10 Å². The Balaban J connectivity index is 4.58. The topological polar surface area (TPSA) is 78.9 Å². The fraction of sp³-hybridized carbons (Fsp3) is 0.554. The number of ether oxygens (including phenoxy) is 3. The Morgan fingerprint density at radius 3 is 1.18 bits per heavy atom. The lowest BCUT2D eigenvalue weighted by molar-refractivity contribution is -0.166. The number of hydrogen-bond acceptors (Lipinski definition) is 6. The Hall–Kier alpha value is -4.45. The van der Waals surface area contributed by atoms with Crippen molar-refractivity contribution >= 4 is 17.9 Å². The van der Waals surface area contributed by atoms with Crippen molar-refractivity contribution in [2.45, 2.75) is 187 Å². The van der Waals surface area contributed by atoms with Gasteiger partial charge in [0.15, 0.2) is 6.10 Å². The number of unbranched alkanes of at least 4 members (excludes halogenated alkanes) is 9. The highest BCUT2D eigenvalue weighted by atomic mass is 16.6. The maximum Gasteiger partial charge on any atom is 0.306 e. The van der Waals surface area contributed by atoms with Crippen LogP contribution in [-0.4, -0.2) is 37.2 Å². The highest BCUT2D eigenvalue weighted by molar-refractivity contribution is 5.71. The van der Waals surface area contributed by atoms with Gasteiger partial charge in [-0.3, -0.25) is 14.4 Å². The van der Waals surface area contributed by atoms with Crippen LogP contribution in [0.25, 0.3) is 0 Å². The van der Waals surface area contributed by atoms with Gasteiger partial charge in [0.2, 0.25) is 0 Å². The minimum Gasteiger partial charge on any atom is -0.462 e. The Morgan fingerprint density at radius 1 is 0.355 bits per heavy atom. The predicted molar refractivity (Wildman–Crippen MR) is 265 cm³/mol. The smallest absolute Gasteiger partial charge is 0.306 e. The van der Waals surface area contributed by atoms with Crippen LogP contribution in [0, 0.1) is 0 Å². The second-order valence-electron chi connectivity index (χ2n) is 15.3. The molecule has 6 heteroatoms. The van der Waals surface area contributed by atoms with Gasteiger partial charge in [-0.1, -0.05) is 187 Å². The number of rotatable bonds is 41. The summed E-state index contributed by atoms with van der Waals surface area (Å²) >= 11 is 0. The van der Waals surface area contributed by atoms with Crippen molar-refractivity contribution in [3.8, 4) is 0 Å². The van der Waals surface area contributed by atoms with E-state index >= 15 is 0 Å². The standard InChI is InChI=1S/C56H86O6/c1-4-7-10-13-16-19-22-24-26-27-28-29-30-32-34-37-40-43-46-49-55(58)61-52-53(51-60-54(57)48-45-42-39-36-33-21-18-15-12-9-6-3)62-56(59)50-47-44-41-38-35-31-25-23-20-17-14-11-8-5-2/h7-8,10-11,15-21,24-26,28-29,31-34,40,43,53H,4-6,9,12-14,22-23,27,30,35-39,41-42,44-52H2,1-3H3/b10-7-,11-8-,18-15-,19-16-,20-17-,26-24-,29-28-,31-25-,33-21-,34-32-,43-40-. The van der Waals surface area contributed by atoms with Crippen molar-refractivity contribution in [3.05, 3.63) is 134 Å². The van der Waals surface area contributed by atoms with Gasteiger partial charge in [-0.15, -0.1) is 0 Å². The molecule has 346 valence electrons. The first-order chi connectivity index (χ1) is 30.5. The third-order valence-corrected chi connectivity index (χ3v) is 9.41. The monoisotopic (exact) mass is 855 g/mol. The van der Waals surface area contributed by atoms with Crippen LogP contribution in [-0.2, 0) is 28.6 Å². The summed E-state index contributed by atoms with van der Waals surface area (Å²) in [7, 11) is 0. The molecule has 0 radical (unpaired) electrons. The van der Waals surface area contributed by atoms with Crippen molar-refractivity contribution in [1.82, 2.24) is 0 Å². The molecule has 0 N–H and O–H groups in total. The van der Waals surface area contributed by atoms with Crippen LogP contribution in [0.5, 0.6) is 0 Å². The number of carbonyl (C=O) groups excluding carboxylic acids is 3. The zero-order valence-corrected chi connectivity index (χ0v) is 39.3. The average molecular weight is 855 g/mol. The van der Waals surface area contributed by atoms with E-state index in [0.29, 0.717) is 12.8 Å². The molecule has 0 saturated carbocycles. The largest absolute Gasteiger partial charge is 0.462 e. The van der Waals surface area contributed by atoms with Gasteiger partial charge in [-0.2, -0.15) is 0 Å².